The summed E-state index contributed by atoms with van der Waals surface area (Å²) in [6.45, 7) is 1.87. The van der Waals surface area contributed by atoms with Gasteiger partial charge in [0.05, 0.1) is 12.5 Å². The molecule has 5 rings (SSSR count). The number of fused-ring (bicyclic) bond motifs is 4. The standard InChI is InChI=1S/C23H22N8O3/c1-14-4-2-3-5-16-10-15(6-9-26-16)19-20(28-21(14)33)23(30-13-24-8-7-18(30)32)31(29-19)17-11-25-12-27-22(17)34/h6-14H,2-5H2,1H3,(H,28,33)(H,25,27,34). The molecule has 172 valence electrons. The van der Waals surface area contributed by atoms with E-state index in [1.165, 1.54) is 40.4 Å². The third-order valence-corrected chi connectivity index (χ3v) is 5.85. The number of carbonyl (C=O) groups excluding carboxylic acids is 1. The molecule has 0 aromatic carbocycles. The number of amides is 1. The number of pyridine rings is 1. The number of rotatable bonds is 2. The monoisotopic (exact) mass is 458 g/mol. The van der Waals surface area contributed by atoms with Crippen LogP contribution in [0.15, 0.2) is 59.0 Å². The molecule has 11 heteroatoms. The summed E-state index contributed by atoms with van der Waals surface area (Å²) in [6.07, 6.45) is 10.3. The minimum Gasteiger partial charge on any atom is -0.321 e. The molecule has 5 heterocycles. The van der Waals surface area contributed by atoms with E-state index in [4.69, 9.17) is 0 Å². The number of aromatic nitrogens is 7. The van der Waals surface area contributed by atoms with Crippen molar-refractivity contribution in [3.05, 3.63) is 75.8 Å². The van der Waals surface area contributed by atoms with Gasteiger partial charge in [-0.05, 0) is 31.4 Å². The van der Waals surface area contributed by atoms with E-state index in [1.807, 2.05) is 13.0 Å². The van der Waals surface area contributed by atoms with Crippen LogP contribution in [0.3, 0.4) is 0 Å². The van der Waals surface area contributed by atoms with Crippen molar-refractivity contribution in [3.8, 4) is 22.8 Å². The van der Waals surface area contributed by atoms with Crippen LogP contribution in [0.2, 0.25) is 0 Å². The first-order chi connectivity index (χ1) is 16.5. The van der Waals surface area contributed by atoms with Crippen LogP contribution in [0, 0.1) is 5.92 Å². The Morgan fingerprint density at radius 2 is 1.97 bits per heavy atom. The molecule has 4 aromatic rings. The summed E-state index contributed by atoms with van der Waals surface area (Å²) in [5.41, 5.74) is 1.53. The third-order valence-electron chi connectivity index (χ3n) is 5.85. The Kier molecular flexibility index (Phi) is 5.58. The molecular formula is C23H22N8O3. The molecule has 1 aliphatic heterocycles. The normalized spacial score (nSPS) is 16.1. The second kappa shape index (κ2) is 8.85. The molecule has 0 fully saturated rings. The van der Waals surface area contributed by atoms with Crippen LogP contribution in [0.1, 0.15) is 31.9 Å². The van der Waals surface area contributed by atoms with Crippen molar-refractivity contribution >= 4 is 11.6 Å². The fourth-order valence-electron chi connectivity index (χ4n) is 4.01. The lowest BCUT2D eigenvalue weighted by molar-refractivity contribution is -0.119. The van der Waals surface area contributed by atoms with E-state index in [0.717, 1.165) is 25.0 Å². The van der Waals surface area contributed by atoms with Crippen molar-refractivity contribution in [1.82, 2.24) is 34.3 Å². The second-order valence-corrected chi connectivity index (χ2v) is 8.19. The van der Waals surface area contributed by atoms with E-state index in [2.05, 4.69) is 30.4 Å². The van der Waals surface area contributed by atoms with Gasteiger partial charge in [-0.15, -0.1) is 0 Å². The first-order valence-electron chi connectivity index (χ1n) is 11.0. The van der Waals surface area contributed by atoms with E-state index in [-0.39, 0.29) is 23.3 Å². The zero-order chi connectivity index (χ0) is 23.7. The maximum absolute atomic E-state index is 13.2. The average Bonchev–Trinajstić information content (AvgIpc) is 3.20. The predicted molar refractivity (Wildman–Crippen MR) is 124 cm³/mol. The zero-order valence-corrected chi connectivity index (χ0v) is 18.4. The Hall–Kier alpha value is -4.41. The van der Waals surface area contributed by atoms with E-state index < -0.39 is 11.1 Å². The molecule has 1 unspecified atom stereocenters. The van der Waals surface area contributed by atoms with Gasteiger partial charge in [-0.25, -0.2) is 19.2 Å². The van der Waals surface area contributed by atoms with Gasteiger partial charge < -0.3 is 10.3 Å². The number of aromatic amines is 1. The van der Waals surface area contributed by atoms with Crippen LogP contribution in [0.5, 0.6) is 0 Å². The van der Waals surface area contributed by atoms with Crippen molar-refractivity contribution in [2.24, 2.45) is 5.92 Å². The quantitative estimate of drug-likeness (QED) is 0.467. The van der Waals surface area contributed by atoms with Crippen molar-refractivity contribution in [1.29, 1.82) is 0 Å². The van der Waals surface area contributed by atoms with Crippen molar-refractivity contribution in [2.75, 3.05) is 5.32 Å². The summed E-state index contributed by atoms with van der Waals surface area (Å²) in [4.78, 5) is 53.7. The molecule has 1 amide bonds. The molecule has 0 saturated carbocycles. The average molecular weight is 458 g/mol. The Bertz CT molecular complexity index is 1490. The summed E-state index contributed by atoms with van der Waals surface area (Å²) in [7, 11) is 0. The largest absolute Gasteiger partial charge is 0.321 e. The first-order valence-corrected chi connectivity index (χ1v) is 11.0. The van der Waals surface area contributed by atoms with Crippen LogP contribution in [0.4, 0.5) is 5.69 Å². The molecule has 2 N–H and O–H groups in total. The molecule has 0 radical (unpaired) electrons. The van der Waals surface area contributed by atoms with Crippen LogP contribution in [0.25, 0.3) is 22.8 Å². The molecule has 0 spiro atoms. The fourth-order valence-corrected chi connectivity index (χ4v) is 4.01. The van der Waals surface area contributed by atoms with Crippen LogP contribution < -0.4 is 16.4 Å². The Labute approximate surface area is 193 Å². The Morgan fingerprint density at radius 1 is 1.09 bits per heavy atom. The summed E-state index contributed by atoms with van der Waals surface area (Å²) >= 11 is 0. The molecule has 2 bridgehead atoms. The lowest BCUT2D eigenvalue weighted by atomic mass is 10.00. The molecule has 1 atom stereocenters. The van der Waals surface area contributed by atoms with E-state index >= 15 is 0 Å². The number of H-pyrrole nitrogens is 1. The van der Waals surface area contributed by atoms with Gasteiger partial charge in [-0.3, -0.25) is 19.4 Å². The molecule has 4 aromatic heterocycles. The van der Waals surface area contributed by atoms with Crippen LogP contribution in [-0.2, 0) is 11.2 Å². The third kappa shape index (κ3) is 3.91. The number of nitrogens with one attached hydrogen (secondary N) is 2. The van der Waals surface area contributed by atoms with Gasteiger partial charge in [-0.1, -0.05) is 13.3 Å². The molecule has 0 saturated heterocycles. The first kappa shape index (κ1) is 21.4. The highest BCUT2D eigenvalue weighted by Gasteiger charge is 2.27. The minimum atomic E-state index is -0.457. The van der Waals surface area contributed by atoms with E-state index in [9.17, 15) is 14.4 Å². The fraction of sp³-hybridized carbons (Fsp3) is 0.261. The van der Waals surface area contributed by atoms with Gasteiger partial charge in [-0.2, -0.15) is 5.10 Å². The van der Waals surface area contributed by atoms with Gasteiger partial charge >= 0.3 is 0 Å². The summed E-state index contributed by atoms with van der Waals surface area (Å²) in [6, 6.07) is 4.99. The van der Waals surface area contributed by atoms with Gasteiger partial charge in [0.15, 0.2) is 11.5 Å². The molecule has 34 heavy (non-hydrogen) atoms. The topological polar surface area (TPSA) is 140 Å². The Morgan fingerprint density at radius 3 is 2.79 bits per heavy atom. The molecule has 0 aliphatic carbocycles. The smallest absolute Gasteiger partial charge is 0.276 e. The number of aryl methyl sites for hydroxylation is 1. The number of hydrogen-bond acceptors (Lipinski definition) is 7. The van der Waals surface area contributed by atoms with Gasteiger partial charge in [0, 0.05) is 35.6 Å². The minimum absolute atomic E-state index is 0.0849. The van der Waals surface area contributed by atoms with E-state index in [1.54, 1.807) is 12.3 Å². The SMILES string of the molecule is CC1CCCCc2cc(ccn2)-c2nn(-c3cnc[nH]c3=O)c(-n3cnccc3=O)c2NC1=O. The number of nitrogens with zero attached hydrogens (tertiary/aromatic N) is 6. The lowest BCUT2D eigenvalue weighted by Gasteiger charge is -2.16. The van der Waals surface area contributed by atoms with Crippen molar-refractivity contribution in [3.63, 3.8) is 0 Å². The van der Waals surface area contributed by atoms with Crippen LogP contribution >= 0.6 is 0 Å². The van der Waals surface area contributed by atoms with Gasteiger partial charge in [0.1, 0.15) is 17.7 Å². The van der Waals surface area contributed by atoms with Gasteiger partial charge in [0.25, 0.3) is 11.1 Å². The summed E-state index contributed by atoms with van der Waals surface area (Å²) < 4.78 is 2.56. The highest BCUT2D eigenvalue weighted by Crippen LogP contribution is 2.35. The zero-order valence-electron chi connectivity index (χ0n) is 18.4. The van der Waals surface area contributed by atoms with Crippen molar-refractivity contribution < 1.29 is 4.79 Å². The highest BCUT2D eigenvalue weighted by atomic mass is 16.2. The van der Waals surface area contributed by atoms with Crippen LogP contribution in [-0.4, -0.2) is 40.2 Å². The summed E-state index contributed by atoms with van der Waals surface area (Å²) in [5.74, 6) is -0.279. The van der Waals surface area contributed by atoms with E-state index in [0.29, 0.717) is 23.4 Å². The maximum atomic E-state index is 13.2. The Balaban J connectivity index is 1.86. The number of hydrogen-bond donors (Lipinski definition) is 2. The maximum Gasteiger partial charge on any atom is 0.276 e. The van der Waals surface area contributed by atoms with Crippen molar-refractivity contribution in [2.45, 2.75) is 32.6 Å². The second-order valence-electron chi connectivity index (χ2n) is 8.19. The van der Waals surface area contributed by atoms with Gasteiger partial charge in [0.2, 0.25) is 5.91 Å². The number of anilines is 1. The predicted octanol–water partition coefficient (Wildman–Crippen LogP) is 1.86. The molecular weight excluding hydrogens is 436 g/mol. The number of carbonyl (C=O) groups is 1. The lowest BCUT2D eigenvalue weighted by Crippen LogP contribution is -2.26. The summed E-state index contributed by atoms with van der Waals surface area (Å²) in [5, 5.41) is 7.67. The highest BCUT2D eigenvalue weighted by molar-refractivity contribution is 5.98. The molecule has 1 aliphatic rings. The molecule has 11 nitrogen and oxygen atoms in total.